The first kappa shape index (κ1) is 9.41. The van der Waals surface area contributed by atoms with E-state index in [0.29, 0.717) is 5.03 Å². The highest BCUT2D eigenvalue weighted by Gasteiger charge is 1.88. The van der Waals surface area contributed by atoms with Gasteiger partial charge in [0.15, 0.2) is 0 Å². The molecule has 0 aromatic rings. The normalized spacial score (nSPS) is 11.6. The van der Waals surface area contributed by atoms with E-state index in [2.05, 4.69) is 6.58 Å². The van der Waals surface area contributed by atoms with Gasteiger partial charge in [-0.05, 0) is 0 Å². The van der Waals surface area contributed by atoms with Gasteiger partial charge in [0.05, 0.1) is 0 Å². The van der Waals surface area contributed by atoms with E-state index in [1.165, 1.54) is 5.54 Å². The highest BCUT2D eigenvalue weighted by atomic mass is 35.5. The topological polar surface area (TPSA) is 0 Å². The van der Waals surface area contributed by atoms with Gasteiger partial charge in [0, 0.05) is 22.1 Å². The van der Waals surface area contributed by atoms with Gasteiger partial charge in [-0.1, -0.05) is 29.3 Å². The lowest BCUT2D eigenvalue weighted by atomic mass is 10.7. The molecular formula is C6H8Cl2S. The van der Waals surface area contributed by atoms with Crippen LogP contribution in [0.1, 0.15) is 0 Å². The van der Waals surface area contributed by atoms with Gasteiger partial charge in [0.2, 0.25) is 0 Å². The second kappa shape index (κ2) is 6.53. The molecule has 0 saturated heterocycles. The predicted octanol–water partition coefficient (Wildman–Crippen LogP) is 3.22. The Balaban J connectivity index is 3.17. The summed E-state index contributed by atoms with van der Waals surface area (Å²) in [6, 6.07) is 0. The zero-order chi connectivity index (χ0) is 7.11. The van der Waals surface area contributed by atoms with Crippen LogP contribution >= 0.6 is 35.0 Å². The highest BCUT2D eigenvalue weighted by Crippen LogP contribution is 2.11. The smallest absolute Gasteiger partial charge is 0.0392 e. The van der Waals surface area contributed by atoms with Gasteiger partial charge in [-0.25, -0.2) is 0 Å². The van der Waals surface area contributed by atoms with Crippen molar-refractivity contribution in [2.45, 2.75) is 0 Å². The molecular weight excluding hydrogens is 175 g/mol. The summed E-state index contributed by atoms with van der Waals surface area (Å²) in [6.45, 7) is 3.57. The summed E-state index contributed by atoms with van der Waals surface area (Å²) in [4.78, 5) is 0. The van der Waals surface area contributed by atoms with Gasteiger partial charge in [0.25, 0.3) is 0 Å². The van der Waals surface area contributed by atoms with Gasteiger partial charge in [-0.3, -0.25) is 0 Å². The second-order valence-corrected chi connectivity index (χ2v) is 3.09. The van der Waals surface area contributed by atoms with Crippen molar-refractivity contribution in [3.63, 3.8) is 0 Å². The van der Waals surface area contributed by atoms with Crippen molar-refractivity contribution < 1.29 is 0 Å². The largest absolute Gasteiger partial charge is 0.152 e. The molecule has 0 atom stereocenters. The van der Waals surface area contributed by atoms with Crippen molar-refractivity contribution in [3.8, 4) is 0 Å². The van der Waals surface area contributed by atoms with Gasteiger partial charge in [-0.15, -0.1) is 6.58 Å². The number of rotatable bonds is 4. The van der Waals surface area contributed by atoms with Gasteiger partial charge >= 0.3 is 0 Å². The molecule has 0 saturated carbocycles. The quantitative estimate of drug-likeness (QED) is 0.476. The maximum atomic E-state index is 5.58. The van der Waals surface area contributed by atoms with E-state index in [1.54, 1.807) is 11.8 Å². The molecule has 0 heterocycles. The van der Waals surface area contributed by atoms with Crippen LogP contribution in [0.5, 0.6) is 0 Å². The van der Waals surface area contributed by atoms with Crippen molar-refractivity contribution in [1.82, 2.24) is 0 Å². The lowest BCUT2D eigenvalue weighted by Crippen LogP contribution is -1.77. The molecule has 3 heteroatoms. The van der Waals surface area contributed by atoms with Crippen LogP contribution in [0.4, 0.5) is 0 Å². The number of hydrogen-bond acceptors (Lipinski definition) is 1. The van der Waals surface area contributed by atoms with E-state index in [9.17, 15) is 0 Å². The van der Waals surface area contributed by atoms with Gasteiger partial charge in [0.1, 0.15) is 0 Å². The molecule has 0 aliphatic rings. The van der Waals surface area contributed by atoms with Crippen LogP contribution in [0, 0.1) is 0 Å². The molecule has 0 aliphatic carbocycles. The Morgan fingerprint density at radius 2 is 2.33 bits per heavy atom. The lowest BCUT2D eigenvalue weighted by molar-refractivity contribution is 1.69. The van der Waals surface area contributed by atoms with Crippen LogP contribution in [0.3, 0.4) is 0 Å². The summed E-state index contributed by atoms with van der Waals surface area (Å²) in [5, 5.41) is 0.684. The molecule has 0 fully saturated rings. The van der Waals surface area contributed by atoms with E-state index in [-0.39, 0.29) is 0 Å². The summed E-state index contributed by atoms with van der Waals surface area (Å²) in [5.74, 6) is 1.69. The average molecular weight is 183 g/mol. The Morgan fingerprint density at radius 3 is 2.78 bits per heavy atom. The zero-order valence-corrected chi connectivity index (χ0v) is 7.27. The SMILES string of the molecule is C=CCSC/C(Cl)=C\Cl. The van der Waals surface area contributed by atoms with Gasteiger partial charge in [-0.2, -0.15) is 11.8 Å². The van der Waals surface area contributed by atoms with Crippen LogP contribution in [-0.4, -0.2) is 11.5 Å². The Morgan fingerprint density at radius 1 is 1.67 bits per heavy atom. The van der Waals surface area contributed by atoms with Crippen molar-refractivity contribution in [2.24, 2.45) is 0 Å². The maximum absolute atomic E-state index is 5.58. The van der Waals surface area contributed by atoms with E-state index in [4.69, 9.17) is 23.2 Å². The van der Waals surface area contributed by atoms with Crippen molar-refractivity contribution in [1.29, 1.82) is 0 Å². The Kier molecular flexibility index (Phi) is 6.83. The lowest BCUT2D eigenvalue weighted by Gasteiger charge is -1.92. The van der Waals surface area contributed by atoms with Crippen molar-refractivity contribution >= 4 is 35.0 Å². The van der Waals surface area contributed by atoms with Crippen molar-refractivity contribution in [3.05, 3.63) is 23.2 Å². The number of thioether (sulfide) groups is 1. The minimum atomic E-state index is 0.684. The fourth-order valence-electron chi connectivity index (χ4n) is 0.271. The summed E-state index contributed by atoms with van der Waals surface area (Å²) in [6.07, 6.45) is 1.84. The van der Waals surface area contributed by atoms with Crippen LogP contribution in [0.15, 0.2) is 23.2 Å². The third-order valence-corrected chi connectivity index (χ3v) is 2.36. The fourth-order valence-corrected chi connectivity index (χ4v) is 1.23. The average Bonchev–Trinajstić information content (AvgIpc) is 1.89. The third-order valence-electron chi connectivity index (χ3n) is 0.594. The molecule has 0 N–H and O–H groups in total. The van der Waals surface area contributed by atoms with E-state index in [0.717, 1.165) is 11.5 Å². The predicted molar refractivity (Wildman–Crippen MR) is 47.3 cm³/mol. The monoisotopic (exact) mass is 182 g/mol. The molecule has 0 spiro atoms. The Labute approximate surface area is 69.9 Å². The molecule has 0 unspecified atom stereocenters. The van der Waals surface area contributed by atoms with E-state index >= 15 is 0 Å². The van der Waals surface area contributed by atoms with Crippen LogP contribution < -0.4 is 0 Å². The molecule has 0 rings (SSSR count). The van der Waals surface area contributed by atoms with E-state index < -0.39 is 0 Å². The van der Waals surface area contributed by atoms with Crippen LogP contribution in [-0.2, 0) is 0 Å². The molecule has 9 heavy (non-hydrogen) atoms. The molecule has 0 nitrogen and oxygen atoms in total. The van der Waals surface area contributed by atoms with Gasteiger partial charge < -0.3 is 0 Å². The Hall–Kier alpha value is 0.410. The first-order chi connectivity index (χ1) is 4.31. The molecule has 0 aliphatic heterocycles. The third kappa shape index (κ3) is 6.29. The first-order valence-corrected chi connectivity index (χ1v) is 4.41. The summed E-state index contributed by atoms with van der Waals surface area (Å²) < 4.78 is 0. The van der Waals surface area contributed by atoms with Crippen LogP contribution in [0.2, 0.25) is 0 Å². The second-order valence-electron chi connectivity index (χ2n) is 1.36. The molecule has 0 aromatic carbocycles. The summed E-state index contributed by atoms with van der Waals surface area (Å²) in [7, 11) is 0. The summed E-state index contributed by atoms with van der Waals surface area (Å²) >= 11 is 12.6. The molecule has 0 bridgehead atoms. The van der Waals surface area contributed by atoms with Crippen LogP contribution in [0.25, 0.3) is 0 Å². The molecule has 0 aromatic heterocycles. The van der Waals surface area contributed by atoms with Crippen molar-refractivity contribution in [2.75, 3.05) is 11.5 Å². The maximum Gasteiger partial charge on any atom is 0.0392 e. The molecule has 0 radical (unpaired) electrons. The highest BCUT2D eigenvalue weighted by molar-refractivity contribution is 7.99. The number of halogens is 2. The minimum Gasteiger partial charge on any atom is -0.152 e. The molecule has 0 amide bonds. The summed E-state index contributed by atoms with van der Waals surface area (Å²) in [5.41, 5.74) is 1.39. The standard InChI is InChI=1S/C6H8Cl2S/c1-2-3-9-5-6(8)4-7/h2,4H,1,3,5H2/b6-4+. The Bertz CT molecular complexity index is 110. The number of hydrogen-bond donors (Lipinski definition) is 0. The van der Waals surface area contributed by atoms with E-state index in [1.807, 2.05) is 6.08 Å². The minimum absolute atomic E-state index is 0.684. The molecule has 52 valence electrons. The zero-order valence-electron chi connectivity index (χ0n) is 4.94. The first-order valence-electron chi connectivity index (χ1n) is 2.44. The fraction of sp³-hybridized carbons (Fsp3) is 0.333.